The van der Waals surface area contributed by atoms with Crippen molar-refractivity contribution in [2.45, 2.75) is 31.1 Å². The molecule has 0 aliphatic carbocycles. The lowest BCUT2D eigenvalue weighted by atomic mass is 9.99. The van der Waals surface area contributed by atoms with Crippen molar-refractivity contribution >= 4 is 33.0 Å². The van der Waals surface area contributed by atoms with Crippen LogP contribution in [-0.4, -0.2) is 26.6 Å². The highest BCUT2D eigenvalue weighted by Gasteiger charge is 2.24. The second-order valence-electron chi connectivity index (χ2n) is 6.30. The van der Waals surface area contributed by atoms with E-state index in [0.717, 1.165) is 24.1 Å². The molecule has 0 aromatic heterocycles. The van der Waals surface area contributed by atoms with Crippen LogP contribution in [-0.2, 0) is 21.1 Å². The van der Waals surface area contributed by atoms with Crippen LogP contribution in [0.15, 0.2) is 47.4 Å². The highest BCUT2D eigenvalue weighted by molar-refractivity contribution is 7.91. The van der Waals surface area contributed by atoms with Crippen molar-refractivity contribution in [1.82, 2.24) is 0 Å². The lowest BCUT2D eigenvalue weighted by Crippen LogP contribution is -2.36. The number of sulfone groups is 1. The minimum atomic E-state index is -3.50. The van der Waals surface area contributed by atoms with E-state index >= 15 is 0 Å². The topological polar surface area (TPSA) is 54.5 Å². The molecule has 2 aromatic rings. The summed E-state index contributed by atoms with van der Waals surface area (Å²) in [6.45, 7) is 2.66. The Bertz CT molecular complexity index is 891. The predicted molar refractivity (Wildman–Crippen MR) is 100.0 cm³/mol. The summed E-state index contributed by atoms with van der Waals surface area (Å²) < 4.78 is 24.8. The Morgan fingerprint density at radius 1 is 1.16 bits per heavy atom. The van der Waals surface area contributed by atoms with Gasteiger partial charge in [-0.15, -0.1) is 0 Å². The van der Waals surface area contributed by atoms with Crippen LogP contribution in [0.5, 0.6) is 0 Å². The molecule has 0 saturated carbocycles. The molecule has 132 valence electrons. The van der Waals surface area contributed by atoms with Crippen molar-refractivity contribution in [3.63, 3.8) is 0 Å². The van der Waals surface area contributed by atoms with E-state index in [9.17, 15) is 13.2 Å². The molecule has 0 spiro atoms. The Morgan fingerprint density at radius 3 is 2.60 bits per heavy atom. The Balaban J connectivity index is 1.72. The molecule has 2 aromatic carbocycles. The van der Waals surface area contributed by atoms with Crippen molar-refractivity contribution < 1.29 is 13.2 Å². The molecule has 0 unspecified atom stereocenters. The molecule has 0 radical (unpaired) electrons. The number of halogens is 1. The first-order valence-electron chi connectivity index (χ1n) is 8.25. The molecular formula is C19H20ClNO3S. The fourth-order valence-electron chi connectivity index (χ4n) is 3.10. The maximum absolute atomic E-state index is 12.6. The molecule has 1 aliphatic rings. The molecule has 6 heteroatoms. The number of benzene rings is 2. The number of aryl methyl sites for hydroxylation is 2. The van der Waals surface area contributed by atoms with Gasteiger partial charge in [0.05, 0.1) is 10.6 Å². The van der Waals surface area contributed by atoms with Crippen LogP contribution in [0.3, 0.4) is 0 Å². The first-order valence-corrected chi connectivity index (χ1v) is 10.3. The van der Waals surface area contributed by atoms with Crippen LogP contribution in [0.4, 0.5) is 5.69 Å². The minimum Gasteiger partial charge on any atom is -0.312 e. The van der Waals surface area contributed by atoms with Gasteiger partial charge in [-0.1, -0.05) is 29.3 Å². The average Bonchev–Trinajstić information content (AvgIpc) is 2.59. The fourth-order valence-corrected chi connectivity index (χ4v) is 4.46. The highest BCUT2D eigenvalue weighted by atomic mass is 35.5. The lowest BCUT2D eigenvalue weighted by Gasteiger charge is -2.30. The molecule has 0 N–H and O–H groups in total. The van der Waals surface area contributed by atoms with Gasteiger partial charge in [0.1, 0.15) is 0 Å². The summed E-state index contributed by atoms with van der Waals surface area (Å²) >= 11 is 5.79. The zero-order valence-electron chi connectivity index (χ0n) is 14.0. The fraction of sp³-hybridized carbons (Fsp3) is 0.316. The van der Waals surface area contributed by atoms with E-state index in [1.807, 2.05) is 19.1 Å². The van der Waals surface area contributed by atoms with Crippen molar-refractivity contribution in [3.05, 3.63) is 58.6 Å². The van der Waals surface area contributed by atoms with Gasteiger partial charge in [0.25, 0.3) is 0 Å². The quantitative estimate of drug-likeness (QED) is 0.814. The summed E-state index contributed by atoms with van der Waals surface area (Å²) in [6, 6.07) is 12.1. The van der Waals surface area contributed by atoms with Crippen LogP contribution < -0.4 is 4.90 Å². The Kier molecular flexibility index (Phi) is 5.16. The second kappa shape index (κ2) is 7.18. The lowest BCUT2D eigenvalue weighted by molar-refractivity contribution is -0.118. The van der Waals surface area contributed by atoms with Gasteiger partial charge in [0.2, 0.25) is 5.91 Å². The number of nitrogens with zero attached hydrogens (tertiary/aromatic N) is 1. The van der Waals surface area contributed by atoms with Gasteiger partial charge < -0.3 is 4.90 Å². The van der Waals surface area contributed by atoms with Gasteiger partial charge >= 0.3 is 0 Å². The number of anilines is 1. The molecule has 1 heterocycles. The van der Waals surface area contributed by atoms with Crippen molar-refractivity contribution in [3.8, 4) is 0 Å². The number of amides is 1. The monoisotopic (exact) mass is 377 g/mol. The zero-order valence-corrected chi connectivity index (χ0v) is 15.6. The normalized spacial score (nSPS) is 14.2. The van der Waals surface area contributed by atoms with Gasteiger partial charge in [0.15, 0.2) is 9.84 Å². The summed E-state index contributed by atoms with van der Waals surface area (Å²) in [5.41, 5.74) is 3.23. The van der Waals surface area contributed by atoms with Crippen LogP contribution >= 0.6 is 11.6 Å². The van der Waals surface area contributed by atoms with Gasteiger partial charge in [0, 0.05) is 23.7 Å². The van der Waals surface area contributed by atoms with E-state index in [4.69, 9.17) is 11.6 Å². The summed E-state index contributed by atoms with van der Waals surface area (Å²) in [7, 11) is -3.50. The largest absolute Gasteiger partial charge is 0.312 e. The molecule has 0 fully saturated rings. The summed E-state index contributed by atoms with van der Waals surface area (Å²) in [4.78, 5) is 14.5. The summed E-state index contributed by atoms with van der Waals surface area (Å²) in [5.74, 6) is -0.354. The minimum absolute atomic E-state index is 0.0295. The summed E-state index contributed by atoms with van der Waals surface area (Å²) in [6.07, 6.45) is 1.81. The maximum atomic E-state index is 12.6. The SMILES string of the molecule is Cc1ccc2c(c1)CCCN2C(=O)CCS(=O)(=O)c1ccc(Cl)cc1. The van der Waals surface area contributed by atoms with E-state index in [2.05, 4.69) is 6.07 Å². The van der Waals surface area contributed by atoms with Crippen molar-refractivity contribution in [2.24, 2.45) is 0 Å². The first-order chi connectivity index (χ1) is 11.9. The molecule has 25 heavy (non-hydrogen) atoms. The highest BCUT2D eigenvalue weighted by Crippen LogP contribution is 2.28. The van der Waals surface area contributed by atoms with E-state index < -0.39 is 9.84 Å². The van der Waals surface area contributed by atoms with Crippen molar-refractivity contribution in [2.75, 3.05) is 17.2 Å². The molecule has 1 aliphatic heterocycles. The third kappa shape index (κ3) is 4.05. The molecular weight excluding hydrogens is 358 g/mol. The van der Waals surface area contributed by atoms with Crippen LogP contribution in [0.1, 0.15) is 24.0 Å². The molecule has 0 saturated heterocycles. The summed E-state index contributed by atoms with van der Waals surface area (Å²) in [5, 5.41) is 0.482. The van der Waals surface area contributed by atoms with Crippen molar-refractivity contribution in [1.29, 1.82) is 0 Å². The number of carbonyl (C=O) groups excluding carboxylic acids is 1. The number of rotatable bonds is 4. The molecule has 3 rings (SSSR count). The predicted octanol–water partition coefficient (Wildman–Crippen LogP) is 3.79. The Labute approximate surface area is 153 Å². The van der Waals surface area contributed by atoms with Gasteiger partial charge in [-0.05, 0) is 55.7 Å². The Hall–Kier alpha value is -1.85. The van der Waals surface area contributed by atoms with E-state index in [1.54, 1.807) is 17.0 Å². The smallest absolute Gasteiger partial charge is 0.228 e. The average molecular weight is 378 g/mol. The third-order valence-corrected chi connectivity index (χ3v) is 6.40. The van der Waals surface area contributed by atoms with Gasteiger partial charge in [-0.25, -0.2) is 8.42 Å². The number of hydrogen-bond acceptors (Lipinski definition) is 3. The molecule has 1 amide bonds. The van der Waals surface area contributed by atoms with E-state index in [0.29, 0.717) is 11.6 Å². The molecule has 4 nitrogen and oxygen atoms in total. The van der Waals surface area contributed by atoms with Crippen LogP contribution in [0, 0.1) is 6.92 Å². The third-order valence-electron chi connectivity index (χ3n) is 4.41. The van der Waals surface area contributed by atoms with Gasteiger partial charge in [-0.2, -0.15) is 0 Å². The second-order valence-corrected chi connectivity index (χ2v) is 8.85. The number of carbonyl (C=O) groups is 1. The van der Waals surface area contributed by atoms with Gasteiger partial charge in [-0.3, -0.25) is 4.79 Å². The van der Waals surface area contributed by atoms with E-state index in [1.165, 1.54) is 17.7 Å². The standard InChI is InChI=1S/C19H20ClNO3S/c1-14-4-9-18-15(13-14)3-2-11-21(18)19(22)10-12-25(23,24)17-7-5-16(20)6-8-17/h4-9,13H,2-3,10-12H2,1H3. The van der Waals surface area contributed by atoms with Crippen LogP contribution in [0.2, 0.25) is 5.02 Å². The van der Waals surface area contributed by atoms with Crippen LogP contribution in [0.25, 0.3) is 0 Å². The number of hydrogen-bond donors (Lipinski definition) is 0. The Morgan fingerprint density at radius 2 is 1.88 bits per heavy atom. The van der Waals surface area contributed by atoms with E-state index in [-0.39, 0.29) is 23.0 Å². The molecule has 0 atom stereocenters. The molecule has 0 bridgehead atoms. The number of fused-ring (bicyclic) bond motifs is 1. The zero-order chi connectivity index (χ0) is 18.0. The maximum Gasteiger partial charge on any atom is 0.228 e. The first kappa shape index (κ1) is 18.0.